The molecule has 0 N–H and O–H groups in total. The molecule has 4 aromatic rings. The summed E-state index contributed by atoms with van der Waals surface area (Å²) in [6, 6.07) is 7.83. The molecule has 1 unspecified atom stereocenters. The minimum atomic E-state index is -0.330. The zero-order valence-electron chi connectivity index (χ0n) is 17.5. The van der Waals surface area contributed by atoms with Crippen LogP contribution in [0.25, 0.3) is 21.7 Å². The van der Waals surface area contributed by atoms with Crippen LogP contribution in [0.4, 0.5) is 0 Å². The first-order valence-corrected chi connectivity index (χ1v) is 12.0. The quantitative estimate of drug-likeness (QED) is 0.341. The molecule has 0 radical (unpaired) electrons. The van der Waals surface area contributed by atoms with Crippen molar-refractivity contribution in [2.75, 3.05) is 12.9 Å². The topological polar surface area (TPSA) is 78.5 Å². The van der Waals surface area contributed by atoms with Crippen molar-refractivity contribution in [1.82, 2.24) is 19.2 Å². The second-order valence-corrected chi connectivity index (χ2v) is 9.90. The summed E-state index contributed by atoms with van der Waals surface area (Å²) >= 11 is 2.92. The summed E-state index contributed by atoms with van der Waals surface area (Å²) in [5.74, 6) is 0.588. The Bertz CT molecular complexity index is 1370. The van der Waals surface area contributed by atoms with Crippen LogP contribution in [0.3, 0.4) is 0 Å². The fraction of sp³-hybridized carbons (Fsp3) is 0.364. The minimum Gasteiger partial charge on any atom is -0.468 e. The van der Waals surface area contributed by atoms with Gasteiger partial charge >= 0.3 is 5.97 Å². The zero-order chi connectivity index (χ0) is 21.7. The number of hydrogen-bond acceptors (Lipinski definition) is 7. The number of ether oxygens (including phenoxy) is 1. The van der Waals surface area contributed by atoms with Crippen LogP contribution in [0.15, 0.2) is 34.2 Å². The first kappa shape index (κ1) is 20.3. The zero-order valence-corrected chi connectivity index (χ0v) is 19.2. The number of esters is 1. The van der Waals surface area contributed by atoms with E-state index in [2.05, 4.69) is 17.1 Å². The fourth-order valence-electron chi connectivity index (χ4n) is 4.25. The van der Waals surface area contributed by atoms with Gasteiger partial charge in [-0.15, -0.1) is 21.5 Å². The summed E-state index contributed by atoms with van der Waals surface area (Å²) < 4.78 is 8.36. The molecule has 1 aliphatic rings. The molecule has 31 heavy (non-hydrogen) atoms. The predicted octanol–water partition coefficient (Wildman–Crippen LogP) is 4.11. The molecule has 0 aliphatic heterocycles. The second-order valence-electron chi connectivity index (χ2n) is 7.87. The Morgan fingerprint density at radius 1 is 1.29 bits per heavy atom. The molecule has 5 rings (SSSR count). The number of rotatable bonds is 4. The van der Waals surface area contributed by atoms with E-state index >= 15 is 0 Å². The Kier molecular flexibility index (Phi) is 5.10. The van der Waals surface area contributed by atoms with Gasteiger partial charge in [0.15, 0.2) is 5.16 Å². The second kappa shape index (κ2) is 7.80. The highest BCUT2D eigenvalue weighted by Gasteiger charge is 2.28. The third-order valence-electron chi connectivity index (χ3n) is 5.81. The average molecular weight is 455 g/mol. The summed E-state index contributed by atoms with van der Waals surface area (Å²) in [5, 5.41) is 10.0. The molecule has 7 nitrogen and oxygen atoms in total. The molecule has 0 bridgehead atoms. The predicted molar refractivity (Wildman–Crippen MR) is 123 cm³/mol. The van der Waals surface area contributed by atoms with Crippen LogP contribution in [-0.4, -0.2) is 38.0 Å². The molecule has 1 aliphatic carbocycles. The average Bonchev–Trinajstić information content (AvgIpc) is 3.35. The maximum absolute atomic E-state index is 13.8. The number of thiophene rings is 1. The number of hydrogen-bond donors (Lipinski definition) is 0. The number of nitrogens with zero attached hydrogens (tertiary/aromatic N) is 4. The molecule has 0 amide bonds. The molecule has 160 valence electrons. The van der Waals surface area contributed by atoms with Crippen molar-refractivity contribution >= 4 is 45.1 Å². The number of carbonyl (C=O) groups is 1. The summed E-state index contributed by atoms with van der Waals surface area (Å²) in [4.78, 5) is 27.7. The molecular weight excluding hydrogens is 432 g/mol. The Morgan fingerprint density at radius 3 is 2.81 bits per heavy atom. The first-order chi connectivity index (χ1) is 15.0. The lowest BCUT2D eigenvalue weighted by Crippen LogP contribution is -2.22. The van der Waals surface area contributed by atoms with Crippen molar-refractivity contribution < 1.29 is 9.53 Å². The lowest BCUT2D eigenvalue weighted by Gasteiger charge is -2.18. The van der Waals surface area contributed by atoms with E-state index in [0.717, 1.165) is 46.3 Å². The Hall–Kier alpha value is -2.65. The van der Waals surface area contributed by atoms with Crippen LogP contribution >= 0.6 is 23.1 Å². The van der Waals surface area contributed by atoms with Gasteiger partial charge in [-0.05, 0) is 49.8 Å². The molecule has 0 spiro atoms. The number of aryl methyl sites for hydroxylation is 2. The number of aromatic nitrogens is 4. The first-order valence-electron chi connectivity index (χ1n) is 10.2. The van der Waals surface area contributed by atoms with E-state index in [-0.39, 0.29) is 17.3 Å². The van der Waals surface area contributed by atoms with Gasteiger partial charge in [0.1, 0.15) is 4.83 Å². The van der Waals surface area contributed by atoms with E-state index in [0.29, 0.717) is 16.9 Å². The van der Waals surface area contributed by atoms with Crippen molar-refractivity contribution in [2.45, 2.75) is 44.2 Å². The van der Waals surface area contributed by atoms with Gasteiger partial charge in [0, 0.05) is 4.88 Å². The van der Waals surface area contributed by atoms with Gasteiger partial charge in [-0.2, -0.15) is 0 Å². The van der Waals surface area contributed by atoms with Gasteiger partial charge in [-0.3, -0.25) is 9.59 Å². The van der Waals surface area contributed by atoms with Crippen LogP contribution < -0.4 is 5.56 Å². The van der Waals surface area contributed by atoms with E-state index in [1.807, 2.05) is 35.6 Å². The van der Waals surface area contributed by atoms with Crippen molar-refractivity contribution in [3.8, 4) is 5.69 Å². The highest BCUT2D eigenvalue weighted by molar-refractivity contribution is 7.99. The highest BCUT2D eigenvalue weighted by Crippen LogP contribution is 2.41. The smallest absolute Gasteiger partial charge is 0.316 e. The summed E-state index contributed by atoms with van der Waals surface area (Å²) in [6.07, 6.45) is 3.19. The third kappa shape index (κ3) is 3.27. The largest absolute Gasteiger partial charge is 0.468 e. The Morgan fingerprint density at radius 2 is 2.06 bits per heavy atom. The number of methoxy groups -OCH3 is 1. The number of thioether (sulfide) groups is 1. The SMILES string of the molecule is COC(=O)CSc1nnc2n(-c3ccc(C)cc3)c(=O)c3c4c(sc3n12)CCCC4C. The van der Waals surface area contributed by atoms with Crippen molar-refractivity contribution in [3.63, 3.8) is 0 Å². The van der Waals surface area contributed by atoms with E-state index < -0.39 is 0 Å². The summed E-state index contributed by atoms with van der Waals surface area (Å²) in [7, 11) is 1.37. The lowest BCUT2D eigenvalue weighted by molar-refractivity contribution is -0.137. The monoisotopic (exact) mass is 454 g/mol. The fourth-order valence-corrected chi connectivity index (χ4v) is 6.53. The molecule has 3 heterocycles. The highest BCUT2D eigenvalue weighted by atomic mass is 32.2. The van der Waals surface area contributed by atoms with Crippen LogP contribution in [-0.2, 0) is 16.0 Å². The maximum atomic E-state index is 13.8. The molecule has 9 heteroatoms. The standard InChI is InChI=1S/C22H22N4O3S2/c1-12-7-9-14(10-8-12)25-19(28)18-17-13(2)5-4-6-15(17)31-20(18)26-21(25)23-24-22(26)30-11-16(27)29-3/h7-10,13H,4-6,11H2,1-3H3. The van der Waals surface area contributed by atoms with Gasteiger partial charge in [-0.25, -0.2) is 8.97 Å². The number of fused-ring (bicyclic) bond motifs is 5. The van der Waals surface area contributed by atoms with Gasteiger partial charge in [0.25, 0.3) is 5.56 Å². The molecule has 3 aromatic heterocycles. The normalized spacial score (nSPS) is 16.0. The van der Waals surface area contributed by atoms with Crippen molar-refractivity contribution in [3.05, 3.63) is 50.6 Å². The third-order valence-corrected chi connectivity index (χ3v) is 7.97. The van der Waals surface area contributed by atoms with Crippen LogP contribution in [0.2, 0.25) is 0 Å². The molecule has 1 atom stereocenters. The molecule has 1 aromatic carbocycles. The van der Waals surface area contributed by atoms with Gasteiger partial charge in [0.05, 0.1) is 23.9 Å². The lowest BCUT2D eigenvalue weighted by atomic mass is 9.88. The van der Waals surface area contributed by atoms with E-state index in [9.17, 15) is 9.59 Å². The molecule has 0 saturated carbocycles. The van der Waals surface area contributed by atoms with Crippen molar-refractivity contribution in [1.29, 1.82) is 0 Å². The van der Waals surface area contributed by atoms with Gasteiger partial charge in [0.2, 0.25) is 5.78 Å². The number of benzene rings is 1. The Labute approximate surface area is 187 Å². The van der Waals surface area contributed by atoms with Crippen molar-refractivity contribution in [2.24, 2.45) is 0 Å². The van der Waals surface area contributed by atoms with Crippen LogP contribution in [0, 0.1) is 6.92 Å². The van der Waals surface area contributed by atoms with E-state index in [1.54, 1.807) is 15.9 Å². The van der Waals surface area contributed by atoms with E-state index in [4.69, 9.17) is 4.74 Å². The Balaban J connectivity index is 1.85. The van der Waals surface area contributed by atoms with Crippen LogP contribution in [0.5, 0.6) is 0 Å². The maximum Gasteiger partial charge on any atom is 0.316 e. The van der Waals surface area contributed by atoms with Gasteiger partial charge in [-0.1, -0.05) is 36.4 Å². The molecule has 0 fully saturated rings. The number of carbonyl (C=O) groups excluding carboxylic acids is 1. The molecule has 0 saturated heterocycles. The van der Waals surface area contributed by atoms with Gasteiger partial charge < -0.3 is 4.74 Å². The van der Waals surface area contributed by atoms with E-state index in [1.165, 1.54) is 23.7 Å². The summed E-state index contributed by atoms with van der Waals surface area (Å²) in [5.41, 5.74) is 2.97. The summed E-state index contributed by atoms with van der Waals surface area (Å²) in [6.45, 7) is 4.21. The minimum absolute atomic E-state index is 0.0606. The molecular formula is C22H22N4O3S2. The van der Waals surface area contributed by atoms with Crippen LogP contribution in [0.1, 0.15) is 41.7 Å².